The van der Waals surface area contributed by atoms with Gasteiger partial charge in [-0.1, -0.05) is 43.2 Å². The number of fused-ring (bicyclic) bond motifs is 1. The molecule has 1 unspecified atom stereocenters. The Morgan fingerprint density at radius 2 is 1.71 bits per heavy atom. The van der Waals surface area contributed by atoms with Gasteiger partial charge in [0.15, 0.2) is 0 Å². The van der Waals surface area contributed by atoms with E-state index in [-0.39, 0.29) is 5.41 Å². The van der Waals surface area contributed by atoms with Crippen LogP contribution in [0.15, 0.2) is 42.5 Å². The highest BCUT2D eigenvalue weighted by atomic mass is 19.4. The number of hydrogen-bond donors (Lipinski definition) is 0. The molecule has 0 radical (unpaired) electrons. The molecule has 4 heteroatoms. The quantitative estimate of drug-likeness (QED) is 0.577. The molecule has 2 bridgehead atoms. The summed E-state index contributed by atoms with van der Waals surface area (Å²) >= 11 is 0. The van der Waals surface area contributed by atoms with Crippen LogP contribution in [-0.4, -0.2) is 24.5 Å². The normalized spacial score (nSPS) is 29.9. The van der Waals surface area contributed by atoms with Crippen LogP contribution in [0.5, 0.6) is 0 Å². The van der Waals surface area contributed by atoms with Crippen molar-refractivity contribution >= 4 is 0 Å². The van der Waals surface area contributed by atoms with Crippen molar-refractivity contribution in [3.63, 3.8) is 0 Å². The van der Waals surface area contributed by atoms with E-state index in [4.69, 9.17) is 0 Å². The van der Waals surface area contributed by atoms with Crippen molar-refractivity contribution in [3.05, 3.63) is 59.2 Å². The highest BCUT2D eigenvalue weighted by Crippen LogP contribution is 2.55. The summed E-state index contributed by atoms with van der Waals surface area (Å²) in [5.41, 5.74) is 4.53. The van der Waals surface area contributed by atoms with E-state index in [0.29, 0.717) is 6.04 Å². The maximum Gasteiger partial charge on any atom is 0.416 e. The summed E-state index contributed by atoms with van der Waals surface area (Å²) in [6, 6.07) is 12.9. The van der Waals surface area contributed by atoms with Gasteiger partial charge in [0.25, 0.3) is 0 Å². The smallest absolute Gasteiger partial charge is 0.303 e. The Labute approximate surface area is 164 Å². The molecule has 0 spiro atoms. The van der Waals surface area contributed by atoms with Crippen LogP contribution in [0.3, 0.4) is 0 Å². The number of nitrogens with zero attached hydrogens (tertiary/aromatic N) is 1. The topological polar surface area (TPSA) is 3.24 Å². The van der Waals surface area contributed by atoms with Gasteiger partial charge >= 0.3 is 6.18 Å². The largest absolute Gasteiger partial charge is 0.416 e. The zero-order chi connectivity index (χ0) is 19.5. The molecule has 0 amide bonds. The number of rotatable bonds is 1. The van der Waals surface area contributed by atoms with Gasteiger partial charge in [-0.15, -0.1) is 0 Å². The summed E-state index contributed by atoms with van der Waals surface area (Å²) in [5, 5.41) is 0. The van der Waals surface area contributed by atoms with E-state index >= 15 is 0 Å². The first kappa shape index (κ1) is 18.2. The van der Waals surface area contributed by atoms with Crippen LogP contribution in [0.1, 0.15) is 48.8 Å². The molecule has 1 saturated heterocycles. The van der Waals surface area contributed by atoms with Crippen LogP contribution in [-0.2, 0) is 18.0 Å². The average molecular weight is 385 g/mol. The van der Waals surface area contributed by atoms with Crippen LogP contribution >= 0.6 is 0 Å². The molecule has 5 rings (SSSR count). The summed E-state index contributed by atoms with van der Waals surface area (Å²) in [4.78, 5) is 2.56. The first-order valence-corrected chi connectivity index (χ1v) is 10.4. The second kappa shape index (κ2) is 6.35. The molecular weight excluding hydrogens is 359 g/mol. The Bertz CT molecular complexity index is 886. The summed E-state index contributed by atoms with van der Waals surface area (Å²) in [7, 11) is 2.27. The van der Waals surface area contributed by atoms with E-state index in [2.05, 4.69) is 30.1 Å². The second-order valence-corrected chi connectivity index (χ2v) is 8.96. The van der Waals surface area contributed by atoms with E-state index in [1.54, 1.807) is 12.1 Å². The summed E-state index contributed by atoms with van der Waals surface area (Å²) < 4.78 is 38.7. The van der Waals surface area contributed by atoms with Crippen molar-refractivity contribution < 1.29 is 13.2 Å². The Morgan fingerprint density at radius 3 is 2.46 bits per heavy atom. The first-order valence-electron chi connectivity index (χ1n) is 10.4. The molecule has 148 valence electrons. The zero-order valence-electron chi connectivity index (χ0n) is 16.2. The van der Waals surface area contributed by atoms with Crippen LogP contribution in [0, 0.1) is 5.92 Å². The molecule has 28 heavy (non-hydrogen) atoms. The fourth-order valence-electron chi connectivity index (χ4n) is 6.23. The van der Waals surface area contributed by atoms with Crippen molar-refractivity contribution in [1.29, 1.82) is 0 Å². The molecule has 2 aromatic rings. The lowest BCUT2D eigenvalue weighted by Crippen LogP contribution is -2.59. The lowest BCUT2D eigenvalue weighted by atomic mass is 9.52. The van der Waals surface area contributed by atoms with Crippen LogP contribution in [0.4, 0.5) is 13.2 Å². The molecule has 0 aromatic heterocycles. The van der Waals surface area contributed by atoms with Gasteiger partial charge in [0.05, 0.1) is 5.56 Å². The number of benzene rings is 2. The molecule has 1 saturated carbocycles. The Balaban J connectivity index is 1.57. The maximum atomic E-state index is 12.9. The Kier molecular flexibility index (Phi) is 4.13. The Hall–Kier alpha value is -1.81. The van der Waals surface area contributed by atoms with Crippen molar-refractivity contribution in [2.24, 2.45) is 5.92 Å². The monoisotopic (exact) mass is 385 g/mol. The van der Waals surface area contributed by atoms with Crippen molar-refractivity contribution in [2.75, 3.05) is 13.6 Å². The van der Waals surface area contributed by atoms with E-state index in [9.17, 15) is 13.2 Å². The average Bonchev–Trinajstić information content (AvgIpc) is 2.70. The van der Waals surface area contributed by atoms with Crippen LogP contribution in [0.25, 0.3) is 11.1 Å². The maximum absolute atomic E-state index is 12.9. The number of likely N-dealkylation sites (tertiary alicyclic amines) is 1. The third-order valence-corrected chi connectivity index (χ3v) is 7.66. The molecule has 1 nitrogen and oxygen atoms in total. The molecule has 3 aliphatic rings. The predicted octanol–water partition coefficient (Wildman–Crippen LogP) is 6.06. The lowest BCUT2D eigenvalue weighted by molar-refractivity contribution is -0.137. The fourth-order valence-corrected chi connectivity index (χ4v) is 6.23. The second-order valence-electron chi connectivity index (χ2n) is 8.96. The van der Waals surface area contributed by atoms with Gasteiger partial charge in [-0.2, -0.15) is 13.2 Å². The molecular formula is C24H26F3N. The van der Waals surface area contributed by atoms with Crippen molar-refractivity contribution in [2.45, 2.75) is 56.2 Å². The van der Waals surface area contributed by atoms with Crippen molar-refractivity contribution in [3.8, 4) is 11.1 Å². The summed E-state index contributed by atoms with van der Waals surface area (Å²) in [6.45, 7) is 1.14. The van der Waals surface area contributed by atoms with Crippen LogP contribution in [0.2, 0.25) is 0 Å². The minimum absolute atomic E-state index is 0.269. The van der Waals surface area contributed by atoms with Gasteiger partial charge in [-0.25, -0.2) is 0 Å². The number of alkyl halides is 3. The SMILES string of the molecule is CN1CCC23CCCC[C@@H]2[C@H]1Cc1ccc(-c2ccc(C(F)(F)F)cc2)cc13. The van der Waals surface area contributed by atoms with Gasteiger partial charge in [0.2, 0.25) is 0 Å². The van der Waals surface area contributed by atoms with Gasteiger partial charge in [-0.05, 0) is 79.6 Å². The fraction of sp³-hybridized carbons (Fsp3) is 0.500. The molecule has 2 fully saturated rings. The molecule has 1 heterocycles. The Morgan fingerprint density at radius 1 is 0.964 bits per heavy atom. The summed E-state index contributed by atoms with van der Waals surface area (Å²) in [6.07, 6.45) is 3.19. The summed E-state index contributed by atoms with van der Waals surface area (Å²) in [5.74, 6) is 0.718. The third-order valence-electron chi connectivity index (χ3n) is 7.66. The minimum atomic E-state index is -4.29. The molecule has 2 aromatic carbocycles. The predicted molar refractivity (Wildman–Crippen MR) is 105 cm³/mol. The number of hydrogen-bond acceptors (Lipinski definition) is 1. The van der Waals surface area contributed by atoms with E-state index in [1.807, 2.05) is 0 Å². The number of likely N-dealkylation sites (N-methyl/N-ethyl adjacent to an activating group) is 1. The highest BCUT2D eigenvalue weighted by molar-refractivity contribution is 5.66. The van der Waals surface area contributed by atoms with Gasteiger partial charge < -0.3 is 4.90 Å². The van der Waals surface area contributed by atoms with Gasteiger partial charge in [0.1, 0.15) is 0 Å². The third kappa shape index (κ3) is 2.72. The van der Waals surface area contributed by atoms with E-state index in [0.717, 1.165) is 30.0 Å². The first-order chi connectivity index (χ1) is 13.4. The van der Waals surface area contributed by atoms with Gasteiger partial charge in [-0.3, -0.25) is 0 Å². The van der Waals surface area contributed by atoms with Crippen LogP contribution < -0.4 is 0 Å². The van der Waals surface area contributed by atoms with Gasteiger partial charge in [0, 0.05) is 11.5 Å². The van der Waals surface area contributed by atoms with E-state index < -0.39 is 11.7 Å². The number of piperidine rings is 1. The standard InChI is InChI=1S/C24H26F3N/c1-28-13-12-23-11-3-2-4-20(23)22(28)15-18-6-5-17(14-21(18)23)16-7-9-19(10-8-16)24(25,26)27/h5-10,14,20,22H,2-4,11-13,15H2,1H3/t20-,22-,23?/m1/s1. The highest BCUT2D eigenvalue weighted by Gasteiger charge is 2.53. The zero-order valence-corrected chi connectivity index (χ0v) is 16.2. The van der Waals surface area contributed by atoms with Crippen molar-refractivity contribution in [1.82, 2.24) is 4.90 Å². The molecule has 0 N–H and O–H groups in total. The lowest BCUT2D eigenvalue weighted by Gasteiger charge is -2.58. The molecule has 3 atom stereocenters. The molecule has 1 aliphatic heterocycles. The number of halogens is 3. The minimum Gasteiger partial charge on any atom is -0.303 e. The van der Waals surface area contributed by atoms with E-state index in [1.165, 1.54) is 55.4 Å². The molecule has 2 aliphatic carbocycles.